The molecule has 1 aromatic heterocycles. The van der Waals surface area contributed by atoms with Gasteiger partial charge in [-0.1, -0.05) is 12.1 Å². The summed E-state index contributed by atoms with van der Waals surface area (Å²) < 4.78 is 5.68. The van der Waals surface area contributed by atoms with Crippen molar-refractivity contribution in [2.45, 2.75) is 19.4 Å². The molecule has 2 aromatic rings. The topological polar surface area (TPSA) is 45.7 Å². The number of fused-ring (bicyclic) bond motifs is 1. The van der Waals surface area contributed by atoms with Crippen molar-refractivity contribution in [2.75, 3.05) is 32.1 Å². The van der Waals surface area contributed by atoms with E-state index in [4.69, 9.17) is 4.74 Å². The van der Waals surface area contributed by atoms with Crippen LogP contribution in [-0.2, 0) is 11.2 Å². The second-order valence-electron chi connectivity index (χ2n) is 6.82. The maximum absolute atomic E-state index is 12.7. The van der Waals surface area contributed by atoms with Gasteiger partial charge < -0.3 is 14.5 Å². The average molecular weight is 351 g/mol. The van der Waals surface area contributed by atoms with Crippen LogP contribution in [0.5, 0.6) is 5.75 Å². The molecule has 3 rings (SSSR count). The monoisotopic (exact) mass is 351 g/mol. The fraction of sp³-hybridized carbons (Fsp3) is 0.333. The zero-order chi connectivity index (χ0) is 18.5. The highest BCUT2D eigenvalue weighted by Crippen LogP contribution is 2.31. The number of anilines is 1. The normalized spacial score (nSPS) is 16.3. The van der Waals surface area contributed by atoms with Gasteiger partial charge in [0.15, 0.2) is 0 Å². The Morgan fingerprint density at radius 3 is 2.81 bits per heavy atom. The van der Waals surface area contributed by atoms with Gasteiger partial charge in [0.2, 0.25) is 0 Å². The van der Waals surface area contributed by atoms with Crippen molar-refractivity contribution < 1.29 is 9.53 Å². The molecule has 0 bridgehead atoms. The molecule has 1 aromatic carbocycles. The SMILES string of the molecule is CC1Cc2cnccc2N1C(=O)/C=C/c1ccc(OCCN(C)C)cc1. The minimum absolute atomic E-state index is 0.00578. The number of hydrogen-bond acceptors (Lipinski definition) is 4. The molecule has 5 heteroatoms. The van der Waals surface area contributed by atoms with E-state index in [1.165, 1.54) is 0 Å². The first-order valence-electron chi connectivity index (χ1n) is 8.86. The summed E-state index contributed by atoms with van der Waals surface area (Å²) in [5.41, 5.74) is 3.06. The lowest BCUT2D eigenvalue weighted by Crippen LogP contribution is -2.34. The van der Waals surface area contributed by atoms with E-state index in [9.17, 15) is 4.79 Å². The van der Waals surface area contributed by atoms with Crippen LogP contribution in [0.2, 0.25) is 0 Å². The number of rotatable bonds is 6. The Morgan fingerprint density at radius 2 is 2.08 bits per heavy atom. The Balaban J connectivity index is 1.62. The van der Waals surface area contributed by atoms with E-state index < -0.39 is 0 Å². The molecule has 0 fully saturated rings. The minimum atomic E-state index is -0.00578. The predicted octanol–water partition coefficient (Wildman–Crippen LogP) is 3.01. The van der Waals surface area contributed by atoms with Crippen LogP contribution >= 0.6 is 0 Å². The average Bonchev–Trinajstić information content (AvgIpc) is 2.96. The number of hydrogen-bond donors (Lipinski definition) is 0. The summed E-state index contributed by atoms with van der Waals surface area (Å²) >= 11 is 0. The molecule has 0 radical (unpaired) electrons. The Hall–Kier alpha value is -2.66. The van der Waals surface area contributed by atoms with E-state index in [0.717, 1.165) is 35.5 Å². The molecule has 26 heavy (non-hydrogen) atoms. The maximum atomic E-state index is 12.7. The summed E-state index contributed by atoms with van der Waals surface area (Å²) in [6, 6.07) is 9.84. The van der Waals surface area contributed by atoms with Crippen LogP contribution < -0.4 is 9.64 Å². The van der Waals surface area contributed by atoms with Crippen LogP contribution in [0, 0.1) is 0 Å². The van der Waals surface area contributed by atoms with Crippen molar-refractivity contribution >= 4 is 17.7 Å². The Bertz CT molecular complexity index is 784. The Labute approximate surface area is 154 Å². The molecule has 5 nitrogen and oxygen atoms in total. The van der Waals surface area contributed by atoms with E-state index in [0.29, 0.717) is 6.61 Å². The van der Waals surface area contributed by atoms with Crippen LogP contribution in [0.15, 0.2) is 48.8 Å². The van der Waals surface area contributed by atoms with Crippen molar-refractivity contribution in [1.29, 1.82) is 0 Å². The number of pyridine rings is 1. The van der Waals surface area contributed by atoms with Crippen LogP contribution in [-0.4, -0.2) is 49.1 Å². The second kappa shape index (κ2) is 8.15. The maximum Gasteiger partial charge on any atom is 0.251 e. The van der Waals surface area contributed by atoms with Gasteiger partial charge in [0.05, 0.1) is 5.69 Å². The van der Waals surface area contributed by atoms with Gasteiger partial charge in [0, 0.05) is 31.1 Å². The first-order valence-corrected chi connectivity index (χ1v) is 8.86. The highest BCUT2D eigenvalue weighted by Gasteiger charge is 2.29. The van der Waals surface area contributed by atoms with E-state index in [1.54, 1.807) is 12.3 Å². The summed E-state index contributed by atoms with van der Waals surface area (Å²) in [6.45, 7) is 3.59. The van der Waals surface area contributed by atoms with Crippen molar-refractivity contribution in [1.82, 2.24) is 9.88 Å². The molecule has 0 spiro atoms. The fourth-order valence-corrected chi connectivity index (χ4v) is 3.06. The van der Waals surface area contributed by atoms with Crippen LogP contribution in [0.3, 0.4) is 0 Å². The second-order valence-corrected chi connectivity index (χ2v) is 6.82. The van der Waals surface area contributed by atoms with Gasteiger partial charge in [-0.3, -0.25) is 9.78 Å². The predicted molar refractivity (Wildman–Crippen MR) is 104 cm³/mol. The molecule has 0 saturated heterocycles. The number of likely N-dealkylation sites (N-methyl/N-ethyl adjacent to an activating group) is 1. The smallest absolute Gasteiger partial charge is 0.251 e. The quantitative estimate of drug-likeness (QED) is 0.751. The van der Waals surface area contributed by atoms with E-state index >= 15 is 0 Å². The summed E-state index contributed by atoms with van der Waals surface area (Å²) in [5.74, 6) is 0.832. The number of carbonyl (C=O) groups is 1. The Morgan fingerprint density at radius 1 is 1.31 bits per heavy atom. The highest BCUT2D eigenvalue weighted by atomic mass is 16.5. The zero-order valence-electron chi connectivity index (χ0n) is 15.6. The number of carbonyl (C=O) groups excluding carboxylic acids is 1. The van der Waals surface area contributed by atoms with Crippen LogP contribution in [0.25, 0.3) is 6.08 Å². The summed E-state index contributed by atoms with van der Waals surface area (Å²) in [7, 11) is 4.04. The standard InChI is InChI=1S/C21H25N3O2/c1-16-14-18-15-22-11-10-20(18)24(16)21(25)9-6-17-4-7-19(8-5-17)26-13-12-23(2)3/h4-11,15-16H,12-14H2,1-3H3/b9-6+. The molecule has 1 aliphatic heterocycles. The van der Waals surface area contributed by atoms with Gasteiger partial charge >= 0.3 is 0 Å². The molecular formula is C21H25N3O2. The summed E-state index contributed by atoms with van der Waals surface area (Å²) in [4.78, 5) is 20.7. The molecule has 1 aliphatic rings. The highest BCUT2D eigenvalue weighted by molar-refractivity contribution is 6.05. The van der Waals surface area contributed by atoms with Gasteiger partial charge in [-0.15, -0.1) is 0 Å². The molecule has 1 amide bonds. The number of ether oxygens (including phenoxy) is 1. The molecule has 0 N–H and O–H groups in total. The number of nitrogens with zero attached hydrogens (tertiary/aromatic N) is 3. The molecule has 1 unspecified atom stereocenters. The summed E-state index contributed by atoms with van der Waals surface area (Å²) in [6.07, 6.45) is 7.90. The van der Waals surface area contributed by atoms with Gasteiger partial charge in [-0.05, 0) is 62.8 Å². The first-order chi connectivity index (χ1) is 12.5. The number of benzene rings is 1. The van der Waals surface area contributed by atoms with Gasteiger partial charge in [0.1, 0.15) is 12.4 Å². The lowest BCUT2D eigenvalue weighted by atomic mass is 10.2. The van der Waals surface area contributed by atoms with Gasteiger partial charge in [0.25, 0.3) is 5.91 Å². The van der Waals surface area contributed by atoms with E-state index in [2.05, 4.69) is 16.8 Å². The minimum Gasteiger partial charge on any atom is -0.492 e. The number of amides is 1. The fourth-order valence-electron chi connectivity index (χ4n) is 3.06. The zero-order valence-corrected chi connectivity index (χ0v) is 15.6. The van der Waals surface area contributed by atoms with Gasteiger partial charge in [-0.2, -0.15) is 0 Å². The third-order valence-electron chi connectivity index (χ3n) is 4.44. The molecular weight excluding hydrogens is 326 g/mol. The van der Waals surface area contributed by atoms with Crippen LogP contribution in [0.1, 0.15) is 18.1 Å². The largest absolute Gasteiger partial charge is 0.492 e. The molecule has 136 valence electrons. The number of aromatic nitrogens is 1. The van der Waals surface area contributed by atoms with E-state index in [1.807, 2.05) is 61.6 Å². The third-order valence-corrected chi connectivity index (χ3v) is 4.44. The molecule has 1 atom stereocenters. The van der Waals surface area contributed by atoms with Gasteiger partial charge in [-0.25, -0.2) is 0 Å². The van der Waals surface area contributed by atoms with Crippen molar-refractivity contribution in [3.05, 3.63) is 59.9 Å². The van der Waals surface area contributed by atoms with Crippen molar-refractivity contribution in [3.8, 4) is 5.75 Å². The Kier molecular flexibility index (Phi) is 5.68. The lowest BCUT2D eigenvalue weighted by molar-refractivity contribution is -0.114. The first kappa shape index (κ1) is 18.1. The van der Waals surface area contributed by atoms with Crippen LogP contribution in [0.4, 0.5) is 5.69 Å². The van der Waals surface area contributed by atoms with E-state index in [-0.39, 0.29) is 11.9 Å². The van der Waals surface area contributed by atoms with Crippen molar-refractivity contribution in [2.24, 2.45) is 0 Å². The molecule has 0 aliphatic carbocycles. The lowest BCUT2D eigenvalue weighted by Gasteiger charge is -2.20. The summed E-state index contributed by atoms with van der Waals surface area (Å²) in [5, 5.41) is 0. The van der Waals surface area contributed by atoms with Crippen molar-refractivity contribution in [3.63, 3.8) is 0 Å². The third kappa shape index (κ3) is 4.29. The molecule has 2 heterocycles. The molecule has 0 saturated carbocycles.